The second-order valence-corrected chi connectivity index (χ2v) is 6.00. The summed E-state index contributed by atoms with van der Waals surface area (Å²) in [5.74, 6) is -9.84. The van der Waals surface area contributed by atoms with Crippen molar-refractivity contribution >= 4 is 5.69 Å². The lowest BCUT2D eigenvalue weighted by Crippen LogP contribution is -2.35. The molecule has 1 aliphatic rings. The van der Waals surface area contributed by atoms with Crippen LogP contribution in [0.2, 0.25) is 0 Å². The van der Waals surface area contributed by atoms with Gasteiger partial charge < -0.3 is 10.1 Å². The molecule has 1 N–H and O–H groups in total. The summed E-state index contributed by atoms with van der Waals surface area (Å²) in [5.41, 5.74) is 0.686. The highest BCUT2D eigenvalue weighted by molar-refractivity contribution is 5.48. The lowest BCUT2D eigenvalue weighted by molar-refractivity contribution is 0.0342. The van der Waals surface area contributed by atoms with Crippen molar-refractivity contribution in [3.8, 4) is 0 Å². The third-order valence-electron chi connectivity index (χ3n) is 4.21. The molecular weight excluding hydrogens is 355 g/mol. The van der Waals surface area contributed by atoms with Crippen molar-refractivity contribution in [1.82, 2.24) is 4.90 Å². The Morgan fingerprint density at radius 1 is 0.769 bits per heavy atom. The zero-order valence-corrected chi connectivity index (χ0v) is 13.8. The van der Waals surface area contributed by atoms with Crippen LogP contribution in [-0.4, -0.2) is 31.2 Å². The molecule has 0 atom stereocenters. The van der Waals surface area contributed by atoms with Crippen LogP contribution in [0.1, 0.15) is 11.1 Å². The molecule has 0 aromatic heterocycles. The van der Waals surface area contributed by atoms with Gasteiger partial charge in [0.25, 0.3) is 0 Å². The Bertz CT molecular complexity index is 747. The smallest absolute Gasteiger partial charge is 0.200 e. The van der Waals surface area contributed by atoms with Gasteiger partial charge >= 0.3 is 0 Å². The van der Waals surface area contributed by atoms with Crippen molar-refractivity contribution in [2.45, 2.75) is 13.1 Å². The third kappa shape index (κ3) is 3.96. The van der Waals surface area contributed by atoms with E-state index < -0.39 is 34.8 Å². The monoisotopic (exact) mass is 372 g/mol. The predicted molar refractivity (Wildman–Crippen MR) is 86.1 cm³/mol. The van der Waals surface area contributed by atoms with Crippen molar-refractivity contribution < 1.29 is 26.7 Å². The van der Waals surface area contributed by atoms with Crippen LogP contribution in [0.15, 0.2) is 24.3 Å². The van der Waals surface area contributed by atoms with Gasteiger partial charge in [-0.2, -0.15) is 0 Å². The van der Waals surface area contributed by atoms with Gasteiger partial charge in [0, 0.05) is 26.2 Å². The van der Waals surface area contributed by atoms with Gasteiger partial charge in [-0.15, -0.1) is 0 Å². The first-order chi connectivity index (χ1) is 12.5. The van der Waals surface area contributed by atoms with E-state index >= 15 is 0 Å². The highest BCUT2D eigenvalue weighted by atomic mass is 19.2. The molecule has 0 bridgehead atoms. The molecule has 0 aliphatic carbocycles. The Morgan fingerprint density at radius 3 is 1.85 bits per heavy atom. The fourth-order valence-electron chi connectivity index (χ4n) is 2.73. The average molecular weight is 372 g/mol. The third-order valence-corrected chi connectivity index (χ3v) is 4.21. The predicted octanol–water partition coefficient (Wildman–Crippen LogP) is 3.83. The fraction of sp³-hybridized carbons (Fsp3) is 0.333. The molecule has 2 aromatic carbocycles. The summed E-state index contributed by atoms with van der Waals surface area (Å²) in [6, 6.07) is 7.22. The van der Waals surface area contributed by atoms with E-state index in [0.717, 1.165) is 25.2 Å². The van der Waals surface area contributed by atoms with Crippen LogP contribution in [-0.2, 0) is 17.8 Å². The molecule has 2 aromatic rings. The molecule has 0 radical (unpaired) electrons. The van der Waals surface area contributed by atoms with E-state index in [2.05, 4.69) is 10.2 Å². The van der Waals surface area contributed by atoms with Crippen LogP contribution in [0.3, 0.4) is 0 Å². The van der Waals surface area contributed by atoms with Crippen LogP contribution >= 0.6 is 0 Å². The molecule has 0 amide bonds. The summed E-state index contributed by atoms with van der Waals surface area (Å²) in [7, 11) is 0. The van der Waals surface area contributed by atoms with Crippen LogP contribution in [0.25, 0.3) is 0 Å². The van der Waals surface area contributed by atoms with Crippen molar-refractivity contribution in [2.75, 3.05) is 31.6 Å². The van der Waals surface area contributed by atoms with Crippen LogP contribution in [0, 0.1) is 29.1 Å². The van der Waals surface area contributed by atoms with E-state index in [-0.39, 0.29) is 6.54 Å². The number of hydrogen-bond acceptors (Lipinski definition) is 3. The zero-order chi connectivity index (χ0) is 18.7. The minimum atomic E-state index is -2.17. The van der Waals surface area contributed by atoms with Crippen LogP contribution in [0.4, 0.5) is 27.6 Å². The lowest BCUT2D eigenvalue weighted by Gasteiger charge is -2.26. The van der Waals surface area contributed by atoms with Crippen molar-refractivity contribution in [3.05, 3.63) is 64.5 Å². The molecule has 3 rings (SSSR count). The van der Waals surface area contributed by atoms with Gasteiger partial charge in [-0.05, 0) is 11.1 Å². The van der Waals surface area contributed by atoms with Gasteiger partial charge in [-0.3, -0.25) is 4.90 Å². The number of ether oxygens (including phenoxy) is 1. The molecule has 0 unspecified atom stereocenters. The zero-order valence-electron chi connectivity index (χ0n) is 13.8. The highest BCUT2D eigenvalue weighted by Crippen LogP contribution is 2.27. The van der Waals surface area contributed by atoms with Crippen molar-refractivity contribution in [1.29, 1.82) is 0 Å². The molecule has 140 valence electrons. The number of nitrogens with zero attached hydrogens (tertiary/aromatic N) is 1. The van der Waals surface area contributed by atoms with E-state index in [1.165, 1.54) is 0 Å². The first kappa shape index (κ1) is 18.6. The average Bonchev–Trinajstić information content (AvgIpc) is 2.67. The summed E-state index contributed by atoms with van der Waals surface area (Å²) >= 11 is 0. The number of rotatable bonds is 5. The maximum absolute atomic E-state index is 13.6. The fourth-order valence-corrected chi connectivity index (χ4v) is 2.73. The van der Waals surface area contributed by atoms with Crippen molar-refractivity contribution in [2.24, 2.45) is 0 Å². The summed E-state index contributed by atoms with van der Waals surface area (Å²) in [6.07, 6.45) is 0. The number of benzene rings is 2. The number of anilines is 1. The SMILES string of the molecule is Fc1c(F)c(F)c(NCc2ccc(CN3CCOCC3)cc2)c(F)c1F. The van der Waals surface area contributed by atoms with Gasteiger partial charge in [-0.25, -0.2) is 22.0 Å². The number of halogens is 5. The molecule has 1 heterocycles. The van der Waals surface area contributed by atoms with E-state index in [0.29, 0.717) is 18.8 Å². The normalized spacial score (nSPS) is 15.3. The highest BCUT2D eigenvalue weighted by Gasteiger charge is 2.25. The Kier molecular flexibility index (Phi) is 5.73. The maximum atomic E-state index is 13.6. The van der Waals surface area contributed by atoms with Gasteiger partial charge in [0.15, 0.2) is 23.3 Å². The van der Waals surface area contributed by atoms with Crippen LogP contribution < -0.4 is 5.32 Å². The molecule has 0 spiro atoms. The quantitative estimate of drug-likeness (QED) is 0.491. The van der Waals surface area contributed by atoms with Crippen molar-refractivity contribution in [3.63, 3.8) is 0 Å². The van der Waals surface area contributed by atoms with Crippen LogP contribution in [0.5, 0.6) is 0 Å². The van der Waals surface area contributed by atoms with Gasteiger partial charge in [0.1, 0.15) is 5.69 Å². The minimum absolute atomic E-state index is 0.0732. The molecule has 1 saturated heterocycles. The summed E-state index contributed by atoms with van der Waals surface area (Å²) in [4.78, 5) is 2.24. The standard InChI is InChI=1S/C18H17F5N2O/c19-13-14(20)16(22)18(17(23)15(13)21)24-9-11-1-3-12(4-2-11)10-25-5-7-26-8-6-25/h1-4,24H,5-10H2. The molecule has 8 heteroatoms. The van der Waals surface area contributed by atoms with E-state index in [4.69, 9.17) is 4.74 Å². The Hall–Kier alpha value is -2.19. The Balaban J connectivity index is 1.65. The lowest BCUT2D eigenvalue weighted by atomic mass is 10.1. The topological polar surface area (TPSA) is 24.5 Å². The molecule has 3 nitrogen and oxygen atoms in total. The van der Waals surface area contributed by atoms with E-state index in [9.17, 15) is 22.0 Å². The molecule has 1 aliphatic heterocycles. The first-order valence-electron chi connectivity index (χ1n) is 8.10. The van der Waals surface area contributed by atoms with Gasteiger partial charge in [-0.1, -0.05) is 24.3 Å². The Morgan fingerprint density at radius 2 is 1.27 bits per heavy atom. The molecular formula is C18H17F5N2O. The first-order valence-corrected chi connectivity index (χ1v) is 8.10. The van der Waals surface area contributed by atoms with Gasteiger partial charge in [0.2, 0.25) is 5.82 Å². The number of hydrogen-bond donors (Lipinski definition) is 1. The second kappa shape index (κ2) is 8.01. The largest absolute Gasteiger partial charge is 0.379 e. The molecule has 26 heavy (non-hydrogen) atoms. The molecule has 0 saturated carbocycles. The number of nitrogens with one attached hydrogen (secondary N) is 1. The summed E-state index contributed by atoms with van der Waals surface area (Å²) in [5, 5.41) is 2.28. The summed E-state index contributed by atoms with van der Waals surface area (Å²) in [6.45, 7) is 3.78. The second-order valence-electron chi connectivity index (χ2n) is 6.00. The van der Waals surface area contributed by atoms with E-state index in [1.807, 2.05) is 12.1 Å². The molecule has 1 fully saturated rings. The minimum Gasteiger partial charge on any atom is -0.379 e. The van der Waals surface area contributed by atoms with Gasteiger partial charge in [0.05, 0.1) is 13.2 Å². The maximum Gasteiger partial charge on any atom is 0.200 e. The van der Waals surface area contributed by atoms with E-state index in [1.54, 1.807) is 12.1 Å². The summed E-state index contributed by atoms with van der Waals surface area (Å²) < 4.78 is 72.0. The Labute approximate surface area is 147 Å². The number of morpholine rings is 1.